The fourth-order valence-electron chi connectivity index (χ4n) is 3.63. The summed E-state index contributed by atoms with van der Waals surface area (Å²) in [6.45, 7) is 0.555. The number of carbonyl (C=O) groups is 2. The van der Waals surface area contributed by atoms with Crippen LogP contribution in [-0.2, 0) is 4.79 Å². The molecule has 0 aromatic carbocycles. The molecule has 0 spiro atoms. The van der Waals surface area contributed by atoms with Crippen molar-refractivity contribution in [3.05, 3.63) is 35.1 Å². The van der Waals surface area contributed by atoms with E-state index in [1.165, 1.54) is 0 Å². The maximum absolute atomic E-state index is 11.9. The van der Waals surface area contributed by atoms with Crippen molar-refractivity contribution in [1.29, 1.82) is 5.26 Å². The van der Waals surface area contributed by atoms with Gasteiger partial charge < -0.3 is 16.4 Å². The second-order valence-corrected chi connectivity index (χ2v) is 7.02. The molecule has 26 heavy (non-hydrogen) atoms. The van der Waals surface area contributed by atoms with Gasteiger partial charge in [0.25, 0.3) is 11.8 Å². The molecule has 1 aromatic heterocycles. The average molecular weight is 352 g/mol. The number of anilines is 1. The van der Waals surface area contributed by atoms with Gasteiger partial charge in [-0.15, -0.1) is 0 Å². The normalized spacial score (nSPS) is 22.6. The third kappa shape index (κ3) is 2.96. The molecule has 1 fully saturated rings. The topological polar surface area (TPSA) is 126 Å². The molecule has 8 heteroatoms. The van der Waals surface area contributed by atoms with Crippen molar-refractivity contribution in [2.24, 2.45) is 11.7 Å². The predicted molar refractivity (Wildman–Crippen MR) is 93.9 cm³/mol. The minimum absolute atomic E-state index is 0.0264. The highest BCUT2D eigenvalue weighted by atomic mass is 16.2. The number of rotatable bonds is 6. The number of aromatic nitrogens is 2. The molecule has 2 unspecified atom stereocenters. The number of nitriles is 1. The Bertz CT molecular complexity index is 871. The van der Waals surface area contributed by atoms with E-state index in [2.05, 4.69) is 21.8 Å². The highest BCUT2D eigenvalue weighted by molar-refractivity contribution is 6.00. The molecular formula is C18H20N6O2. The van der Waals surface area contributed by atoms with Crippen LogP contribution in [0.3, 0.4) is 0 Å². The summed E-state index contributed by atoms with van der Waals surface area (Å²) in [5, 5.41) is 19.7. The Balaban J connectivity index is 1.56. The number of hydrogen-bond acceptors (Lipinski definition) is 5. The van der Waals surface area contributed by atoms with Crippen LogP contribution in [0.2, 0.25) is 0 Å². The van der Waals surface area contributed by atoms with E-state index in [0.717, 1.165) is 24.0 Å². The second-order valence-electron chi connectivity index (χ2n) is 7.02. The predicted octanol–water partition coefficient (Wildman–Crippen LogP) is 1.01. The first-order valence-corrected chi connectivity index (χ1v) is 8.77. The third-order valence-corrected chi connectivity index (χ3v) is 5.18. The second kappa shape index (κ2) is 6.33. The Labute approximate surface area is 150 Å². The average Bonchev–Trinajstić information content (AvgIpc) is 3.27. The molecule has 2 atom stereocenters. The zero-order valence-corrected chi connectivity index (χ0v) is 14.2. The van der Waals surface area contributed by atoms with E-state index in [-0.39, 0.29) is 18.0 Å². The van der Waals surface area contributed by atoms with Crippen molar-refractivity contribution >= 4 is 17.6 Å². The fourth-order valence-corrected chi connectivity index (χ4v) is 3.63. The Morgan fingerprint density at radius 3 is 3.04 bits per heavy atom. The van der Waals surface area contributed by atoms with E-state index in [0.29, 0.717) is 36.7 Å². The van der Waals surface area contributed by atoms with Crippen LogP contribution in [-0.4, -0.2) is 34.2 Å². The summed E-state index contributed by atoms with van der Waals surface area (Å²) in [4.78, 5) is 23.5. The summed E-state index contributed by atoms with van der Waals surface area (Å²) in [5.41, 5.74) is 7.62. The lowest BCUT2D eigenvalue weighted by molar-refractivity contribution is -0.116. The van der Waals surface area contributed by atoms with Gasteiger partial charge >= 0.3 is 0 Å². The zero-order chi connectivity index (χ0) is 18.3. The molecule has 0 radical (unpaired) electrons. The molecule has 0 saturated heterocycles. The van der Waals surface area contributed by atoms with Crippen LogP contribution in [0.5, 0.6) is 0 Å². The Hall–Kier alpha value is -3.08. The van der Waals surface area contributed by atoms with Crippen molar-refractivity contribution in [2.75, 3.05) is 11.9 Å². The number of nitrogens with zero attached hydrogens (tertiary/aromatic N) is 3. The van der Waals surface area contributed by atoms with Gasteiger partial charge in [0.2, 0.25) is 0 Å². The number of hydrogen-bond donors (Lipinski definition) is 3. The summed E-state index contributed by atoms with van der Waals surface area (Å²) in [6.07, 6.45) is 8.53. The Kier molecular flexibility index (Phi) is 3.99. The molecule has 3 aliphatic rings. The number of amides is 2. The first-order chi connectivity index (χ1) is 12.6. The maximum Gasteiger partial charge on any atom is 0.254 e. The van der Waals surface area contributed by atoms with Crippen molar-refractivity contribution in [3.8, 4) is 6.07 Å². The van der Waals surface area contributed by atoms with E-state index < -0.39 is 5.91 Å². The quantitative estimate of drug-likeness (QED) is 0.704. The highest BCUT2D eigenvalue weighted by Crippen LogP contribution is 2.41. The smallest absolute Gasteiger partial charge is 0.254 e. The van der Waals surface area contributed by atoms with Crippen LogP contribution in [0.25, 0.3) is 0 Å². The van der Waals surface area contributed by atoms with Crippen molar-refractivity contribution in [2.45, 2.75) is 37.8 Å². The standard InChI is InChI=1S/C18H20N6O2/c19-6-5-15(10-1-2-10)24-9-14(16(20)25)17(23-24)22-12-3-4-13-11(7-12)8-21-18(13)26/h3-4,9-10,12,15H,1-2,5,7-8H2,(H2,20,25)(H,21,26)(H,22,23). The Morgan fingerprint density at radius 1 is 1.54 bits per heavy atom. The van der Waals surface area contributed by atoms with Crippen LogP contribution in [0.4, 0.5) is 5.82 Å². The first-order valence-electron chi connectivity index (χ1n) is 8.77. The lowest BCUT2D eigenvalue weighted by Gasteiger charge is -2.19. The zero-order valence-electron chi connectivity index (χ0n) is 14.2. The van der Waals surface area contributed by atoms with Gasteiger partial charge in [0.1, 0.15) is 5.56 Å². The summed E-state index contributed by atoms with van der Waals surface area (Å²) in [5.74, 6) is 0.265. The van der Waals surface area contributed by atoms with Crippen molar-refractivity contribution in [3.63, 3.8) is 0 Å². The van der Waals surface area contributed by atoms with E-state index in [9.17, 15) is 9.59 Å². The van der Waals surface area contributed by atoms with Crippen LogP contribution in [0.15, 0.2) is 29.5 Å². The van der Waals surface area contributed by atoms with Crippen molar-refractivity contribution < 1.29 is 9.59 Å². The lowest BCUT2D eigenvalue weighted by atomic mass is 9.96. The van der Waals surface area contributed by atoms with Crippen LogP contribution >= 0.6 is 0 Å². The number of carbonyl (C=O) groups excluding carboxylic acids is 2. The summed E-state index contributed by atoms with van der Waals surface area (Å²) in [6, 6.07) is 2.11. The lowest BCUT2D eigenvalue weighted by Crippen LogP contribution is -2.23. The molecule has 2 amide bonds. The van der Waals surface area contributed by atoms with Gasteiger partial charge in [0, 0.05) is 18.3 Å². The number of nitrogens with one attached hydrogen (secondary N) is 2. The van der Waals surface area contributed by atoms with Crippen LogP contribution < -0.4 is 16.4 Å². The summed E-state index contributed by atoms with van der Waals surface area (Å²) < 4.78 is 1.71. The maximum atomic E-state index is 11.9. The molecule has 4 N–H and O–H groups in total. The minimum atomic E-state index is -0.553. The fraction of sp³-hybridized carbons (Fsp3) is 0.444. The van der Waals surface area contributed by atoms with Gasteiger partial charge in [-0.2, -0.15) is 10.4 Å². The molecule has 2 aliphatic carbocycles. The van der Waals surface area contributed by atoms with Gasteiger partial charge in [-0.3, -0.25) is 14.3 Å². The van der Waals surface area contributed by atoms with Gasteiger partial charge in [0.15, 0.2) is 5.82 Å². The number of primary amides is 1. The molecule has 0 bridgehead atoms. The molecule has 134 valence electrons. The van der Waals surface area contributed by atoms with E-state index in [1.54, 1.807) is 10.9 Å². The van der Waals surface area contributed by atoms with Gasteiger partial charge in [0.05, 0.1) is 24.6 Å². The monoisotopic (exact) mass is 352 g/mol. The molecule has 8 nitrogen and oxygen atoms in total. The van der Waals surface area contributed by atoms with Crippen LogP contribution in [0.1, 0.15) is 42.1 Å². The molecule has 4 rings (SSSR count). The molecule has 2 heterocycles. The van der Waals surface area contributed by atoms with E-state index in [4.69, 9.17) is 11.0 Å². The minimum Gasteiger partial charge on any atom is -0.365 e. The number of nitrogens with two attached hydrogens (primary N) is 1. The van der Waals surface area contributed by atoms with E-state index >= 15 is 0 Å². The van der Waals surface area contributed by atoms with E-state index in [1.807, 2.05) is 12.2 Å². The van der Waals surface area contributed by atoms with Crippen molar-refractivity contribution in [1.82, 2.24) is 15.1 Å². The van der Waals surface area contributed by atoms with Gasteiger partial charge in [-0.05, 0) is 30.8 Å². The highest BCUT2D eigenvalue weighted by Gasteiger charge is 2.34. The van der Waals surface area contributed by atoms with Gasteiger partial charge in [-0.1, -0.05) is 12.2 Å². The summed E-state index contributed by atoms with van der Waals surface area (Å²) in [7, 11) is 0. The first kappa shape index (κ1) is 16.4. The SMILES string of the molecule is N#CCC(C1CC1)n1cc(C(N)=O)c(NC2C=CC3=C(CNC3=O)C2)n1. The largest absolute Gasteiger partial charge is 0.365 e. The molecule has 1 aliphatic heterocycles. The van der Waals surface area contributed by atoms with Gasteiger partial charge in [-0.25, -0.2) is 0 Å². The third-order valence-electron chi connectivity index (χ3n) is 5.18. The molecule has 1 saturated carbocycles. The molecule has 1 aromatic rings. The summed E-state index contributed by atoms with van der Waals surface area (Å²) >= 11 is 0. The Morgan fingerprint density at radius 2 is 2.35 bits per heavy atom. The molecular weight excluding hydrogens is 332 g/mol. The van der Waals surface area contributed by atoms with Crippen LogP contribution in [0, 0.1) is 17.2 Å².